The summed E-state index contributed by atoms with van der Waals surface area (Å²) in [5.41, 5.74) is 7.70. The van der Waals surface area contributed by atoms with Crippen molar-refractivity contribution in [2.24, 2.45) is 11.7 Å². The Balaban J connectivity index is 1.85. The van der Waals surface area contributed by atoms with Crippen molar-refractivity contribution in [3.8, 4) is 0 Å². The second-order valence-electron chi connectivity index (χ2n) is 7.91. The Bertz CT molecular complexity index is 967. The zero-order valence-corrected chi connectivity index (χ0v) is 17.1. The van der Waals surface area contributed by atoms with E-state index >= 15 is 0 Å². The number of imide groups is 1. The Morgan fingerprint density at radius 1 is 1.23 bits per heavy atom. The molecule has 9 nitrogen and oxygen atoms in total. The molecule has 2 atom stereocenters. The third kappa shape index (κ3) is 4.68. The van der Waals surface area contributed by atoms with Crippen LogP contribution in [0.2, 0.25) is 0 Å². The van der Waals surface area contributed by atoms with Gasteiger partial charge in [-0.05, 0) is 24.0 Å². The lowest BCUT2D eigenvalue weighted by atomic mass is 10.0. The number of fused-ring (bicyclic) bond motifs is 1. The van der Waals surface area contributed by atoms with Gasteiger partial charge in [-0.25, -0.2) is 0 Å². The minimum absolute atomic E-state index is 0.0573. The highest BCUT2D eigenvalue weighted by molar-refractivity contribution is 6.38. The number of nitrogens with two attached hydrogens (primary N) is 1. The fourth-order valence-electron chi connectivity index (χ4n) is 3.59. The molecule has 1 aliphatic rings. The number of para-hydroxylation sites is 1. The second-order valence-corrected chi connectivity index (χ2v) is 7.91. The summed E-state index contributed by atoms with van der Waals surface area (Å²) >= 11 is 0. The molecule has 2 aromatic rings. The number of rotatable bonds is 7. The smallest absolute Gasteiger partial charge is 0.318 e. The minimum Gasteiger partial charge on any atom is -0.361 e. The molecule has 2 heterocycles. The van der Waals surface area contributed by atoms with Gasteiger partial charge in [0.15, 0.2) is 0 Å². The van der Waals surface area contributed by atoms with Crippen LogP contribution in [0.1, 0.15) is 25.8 Å². The fraction of sp³-hybridized carbons (Fsp3) is 0.429. The van der Waals surface area contributed by atoms with E-state index in [1.165, 1.54) is 0 Å². The highest BCUT2D eigenvalue weighted by Gasteiger charge is 2.36. The summed E-state index contributed by atoms with van der Waals surface area (Å²) in [4.78, 5) is 53.7. The molecular weight excluding hydrogens is 386 g/mol. The maximum Gasteiger partial charge on any atom is 0.318 e. The Hall–Kier alpha value is -3.20. The van der Waals surface area contributed by atoms with Crippen LogP contribution in [0, 0.1) is 5.92 Å². The maximum atomic E-state index is 13.2. The van der Waals surface area contributed by atoms with Gasteiger partial charge in [-0.15, -0.1) is 0 Å². The van der Waals surface area contributed by atoms with Crippen molar-refractivity contribution in [1.29, 1.82) is 0 Å². The van der Waals surface area contributed by atoms with Crippen molar-refractivity contribution >= 4 is 34.5 Å². The molecule has 160 valence electrons. The quantitative estimate of drug-likeness (QED) is 0.476. The zero-order chi connectivity index (χ0) is 21.8. The number of benzene rings is 1. The highest BCUT2D eigenvalue weighted by Crippen LogP contribution is 2.20. The molecule has 1 aromatic carbocycles. The van der Waals surface area contributed by atoms with Crippen molar-refractivity contribution in [1.82, 2.24) is 20.5 Å². The van der Waals surface area contributed by atoms with Gasteiger partial charge in [-0.2, -0.15) is 0 Å². The molecule has 1 fully saturated rings. The molecule has 30 heavy (non-hydrogen) atoms. The SMILES string of the molecule is CC(C)C[C@H](N)C(=O)N[C@@H](Cc1c[nH]c2ccccc12)C(=O)N1CCNC(=O)C1=O. The molecule has 1 aliphatic heterocycles. The van der Waals surface area contributed by atoms with Crippen LogP contribution in [-0.2, 0) is 25.6 Å². The van der Waals surface area contributed by atoms with Gasteiger partial charge in [0, 0.05) is 36.6 Å². The van der Waals surface area contributed by atoms with Gasteiger partial charge >= 0.3 is 11.8 Å². The van der Waals surface area contributed by atoms with Gasteiger partial charge in [0.1, 0.15) is 6.04 Å². The third-order valence-electron chi connectivity index (χ3n) is 5.10. The topological polar surface area (TPSA) is 137 Å². The summed E-state index contributed by atoms with van der Waals surface area (Å²) in [7, 11) is 0. The number of aromatic amines is 1. The second kappa shape index (κ2) is 9.08. The van der Waals surface area contributed by atoms with Crippen LogP contribution >= 0.6 is 0 Å². The lowest BCUT2D eigenvalue weighted by Gasteiger charge is -2.29. The summed E-state index contributed by atoms with van der Waals surface area (Å²) < 4.78 is 0. The van der Waals surface area contributed by atoms with E-state index in [-0.39, 0.29) is 25.4 Å². The van der Waals surface area contributed by atoms with Crippen LogP contribution in [0.25, 0.3) is 10.9 Å². The van der Waals surface area contributed by atoms with Crippen LogP contribution in [0.5, 0.6) is 0 Å². The number of carbonyl (C=O) groups excluding carboxylic acids is 4. The molecule has 1 aromatic heterocycles. The molecular formula is C21H27N5O4. The first-order chi connectivity index (χ1) is 14.3. The molecule has 3 rings (SSSR count). The molecule has 9 heteroatoms. The summed E-state index contributed by atoms with van der Waals surface area (Å²) in [6.07, 6.45) is 2.40. The van der Waals surface area contributed by atoms with Gasteiger partial charge in [0.2, 0.25) is 5.91 Å². The van der Waals surface area contributed by atoms with Crippen molar-refractivity contribution in [2.75, 3.05) is 13.1 Å². The molecule has 0 spiro atoms. The Morgan fingerprint density at radius 3 is 2.70 bits per heavy atom. The molecule has 0 radical (unpaired) electrons. The Kier molecular flexibility index (Phi) is 6.51. The Labute approximate surface area is 174 Å². The summed E-state index contributed by atoms with van der Waals surface area (Å²) in [5, 5.41) is 6.03. The number of hydrogen-bond acceptors (Lipinski definition) is 5. The summed E-state index contributed by atoms with van der Waals surface area (Å²) in [6, 6.07) is 5.79. The first-order valence-corrected chi connectivity index (χ1v) is 10.0. The number of nitrogens with one attached hydrogen (secondary N) is 3. The average molecular weight is 413 g/mol. The van der Waals surface area contributed by atoms with Gasteiger partial charge < -0.3 is 21.4 Å². The highest BCUT2D eigenvalue weighted by atomic mass is 16.2. The number of H-pyrrole nitrogens is 1. The van der Waals surface area contributed by atoms with Crippen molar-refractivity contribution < 1.29 is 19.2 Å². The van der Waals surface area contributed by atoms with Gasteiger partial charge in [-0.1, -0.05) is 32.0 Å². The standard InChI is InChI=1S/C21H27N5O4/c1-12(2)9-15(22)18(27)25-17(20(29)26-8-7-23-19(28)21(26)30)10-13-11-24-16-6-4-3-5-14(13)16/h3-6,11-12,15,17,24H,7-10,22H2,1-2H3,(H,23,28)(H,25,27)/t15-,17-/m0/s1. The van der Waals surface area contributed by atoms with E-state index in [4.69, 9.17) is 5.73 Å². The van der Waals surface area contributed by atoms with Gasteiger partial charge in [0.25, 0.3) is 5.91 Å². The van der Waals surface area contributed by atoms with E-state index in [0.717, 1.165) is 21.4 Å². The average Bonchev–Trinajstić information content (AvgIpc) is 3.11. The van der Waals surface area contributed by atoms with Crippen LogP contribution < -0.4 is 16.4 Å². The van der Waals surface area contributed by atoms with E-state index < -0.39 is 35.7 Å². The Morgan fingerprint density at radius 2 is 1.97 bits per heavy atom. The predicted molar refractivity (Wildman–Crippen MR) is 111 cm³/mol. The zero-order valence-electron chi connectivity index (χ0n) is 17.1. The lowest BCUT2D eigenvalue weighted by molar-refractivity contribution is -0.156. The molecule has 0 unspecified atom stereocenters. The van der Waals surface area contributed by atoms with Gasteiger partial charge in [-0.3, -0.25) is 24.1 Å². The first-order valence-electron chi connectivity index (χ1n) is 10.0. The van der Waals surface area contributed by atoms with Crippen molar-refractivity contribution in [3.63, 3.8) is 0 Å². The number of carbonyl (C=O) groups is 4. The van der Waals surface area contributed by atoms with Gasteiger partial charge in [0.05, 0.1) is 6.04 Å². The number of amides is 4. The molecule has 0 bridgehead atoms. The largest absolute Gasteiger partial charge is 0.361 e. The monoisotopic (exact) mass is 413 g/mol. The number of hydrogen-bond donors (Lipinski definition) is 4. The van der Waals surface area contributed by atoms with E-state index in [0.29, 0.717) is 6.42 Å². The number of piperazine rings is 1. The van der Waals surface area contributed by atoms with E-state index in [1.54, 1.807) is 6.20 Å². The minimum atomic E-state index is -1.02. The molecule has 4 amide bonds. The summed E-state index contributed by atoms with van der Waals surface area (Å²) in [5.74, 6) is -2.62. The van der Waals surface area contributed by atoms with Crippen LogP contribution in [0.15, 0.2) is 30.5 Å². The van der Waals surface area contributed by atoms with E-state index in [9.17, 15) is 19.2 Å². The van der Waals surface area contributed by atoms with Crippen LogP contribution in [-0.4, -0.2) is 58.7 Å². The first kappa shape index (κ1) is 21.5. The summed E-state index contributed by atoms with van der Waals surface area (Å²) in [6.45, 7) is 4.14. The number of aromatic nitrogens is 1. The molecule has 5 N–H and O–H groups in total. The molecule has 1 saturated heterocycles. The normalized spacial score (nSPS) is 16.5. The number of nitrogens with zero attached hydrogens (tertiary/aromatic N) is 1. The lowest BCUT2D eigenvalue weighted by Crippen LogP contribution is -2.60. The van der Waals surface area contributed by atoms with Crippen LogP contribution in [0.3, 0.4) is 0 Å². The fourth-order valence-corrected chi connectivity index (χ4v) is 3.59. The van der Waals surface area contributed by atoms with Crippen molar-refractivity contribution in [3.05, 3.63) is 36.0 Å². The van der Waals surface area contributed by atoms with E-state index in [2.05, 4.69) is 15.6 Å². The third-order valence-corrected chi connectivity index (χ3v) is 5.10. The molecule has 0 saturated carbocycles. The van der Waals surface area contributed by atoms with Crippen LogP contribution in [0.4, 0.5) is 0 Å². The molecule has 0 aliphatic carbocycles. The van der Waals surface area contributed by atoms with Crippen molar-refractivity contribution in [2.45, 2.75) is 38.8 Å². The predicted octanol–water partition coefficient (Wildman–Crippen LogP) is 0.0536. The van der Waals surface area contributed by atoms with E-state index in [1.807, 2.05) is 38.1 Å². The maximum absolute atomic E-state index is 13.2.